The molecule has 0 saturated carbocycles. The fourth-order valence-electron chi connectivity index (χ4n) is 1.60. The third kappa shape index (κ3) is 1.52. The molecule has 4 nitrogen and oxygen atoms in total. The maximum absolute atomic E-state index is 11.4. The summed E-state index contributed by atoms with van der Waals surface area (Å²) in [5, 5.41) is 0. The summed E-state index contributed by atoms with van der Waals surface area (Å²) in [6.07, 6.45) is 3.38. The summed E-state index contributed by atoms with van der Waals surface area (Å²) >= 11 is 0. The van der Waals surface area contributed by atoms with Crippen molar-refractivity contribution in [3.8, 4) is 0 Å². The summed E-state index contributed by atoms with van der Waals surface area (Å²) in [7, 11) is 0. The molecule has 2 heterocycles. The molecule has 0 unspecified atom stereocenters. The highest BCUT2D eigenvalue weighted by molar-refractivity contribution is 6.03. The van der Waals surface area contributed by atoms with E-state index in [1.54, 1.807) is 25.5 Å². The zero-order valence-corrected chi connectivity index (χ0v) is 9.06. The SMILES string of the molecule is CC(=O)c1ccnc2c1ncn2C(C)C. The van der Waals surface area contributed by atoms with Gasteiger partial charge in [0.2, 0.25) is 0 Å². The largest absolute Gasteiger partial charge is 0.313 e. The predicted molar refractivity (Wildman–Crippen MR) is 57.9 cm³/mol. The summed E-state index contributed by atoms with van der Waals surface area (Å²) in [5.41, 5.74) is 2.11. The molecule has 15 heavy (non-hydrogen) atoms. The Kier molecular flexibility index (Phi) is 2.26. The van der Waals surface area contributed by atoms with Crippen LogP contribution >= 0.6 is 0 Å². The van der Waals surface area contributed by atoms with Gasteiger partial charge in [0.25, 0.3) is 0 Å². The first-order chi connectivity index (χ1) is 7.11. The average molecular weight is 203 g/mol. The van der Waals surface area contributed by atoms with Crippen LogP contribution in [0.3, 0.4) is 0 Å². The van der Waals surface area contributed by atoms with Crippen LogP contribution in [0.2, 0.25) is 0 Å². The Morgan fingerprint density at radius 3 is 2.73 bits per heavy atom. The Bertz CT molecular complexity index is 514. The second kappa shape index (κ2) is 3.46. The summed E-state index contributed by atoms with van der Waals surface area (Å²) in [6.45, 7) is 5.66. The smallest absolute Gasteiger partial charge is 0.162 e. The lowest BCUT2D eigenvalue weighted by atomic mass is 10.2. The van der Waals surface area contributed by atoms with E-state index in [0.29, 0.717) is 17.1 Å². The summed E-state index contributed by atoms with van der Waals surface area (Å²) < 4.78 is 1.96. The fourth-order valence-corrected chi connectivity index (χ4v) is 1.60. The lowest BCUT2D eigenvalue weighted by Gasteiger charge is -2.06. The van der Waals surface area contributed by atoms with Crippen LogP contribution in [0, 0.1) is 0 Å². The normalized spacial score (nSPS) is 11.2. The van der Waals surface area contributed by atoms with Gasteiger partial charge in [-0.3, -0.25) is 4.79 Å². The molecule has 2 aromatic heterocycles. The number of ketones is 1. The molecule has 0 bridgehead atoms. The van der Waals surface area contributed by atoms with Crippen LogP contribution in [0.25, 0.3) is 11.2 Å². The number of pyridine rings is 1. The van der Waals surface area contributed by atoms with E-state index in [9.17, 15) is 4.79 Å². The van der Waals surface area contributed by atoms with Crippen LogP contribution in [0.1, 0.15) is 37.2 Å². The number of aromatic nitrogens is 3. The molecule has 0 N–H and O–H groups in total. The van der Waals surface area contributed by atoms with Crippen LogP contribution in [0.4, 0.5) is 0 Å². The van der Waals surface area contributed by atoms with Gasteiger partial charge in [0.1, 0.15) is 5.52 Å². The van der Waals surface area contributed by atoms with Crippen molar-refractivity contribution >= 4 is 16.9 Å². The van der Waals surface area contributed by atoms with Crippen molar-refractivity contribution in [1.82, 2.24) is 14.5 Å². The molecule has 78 valence electrons. The molecule has 0 aromatic carbocycles. The van der Waals surface area contributed by atoms with Gasteiger partial charge >= 0.3 is 0 Å². The van der Waals surface area contributed by atoms with Gasteiger partial charge in [-0.15, -0.1) is 0 Å². The van der Waals surface area contributed by atoms with Gasteiger partial charge in [0.05, 0.1) is 6.33 Å². The van der Waals surface area contributed by atoms with E-state index in [0.717, 1.165) is 5.65 Å². The number of nitrogens with zero attached hydrogens (tertiary/aromatic N) is 3. The molecule has 0 aliphatic carbocycles. The number of fused-ring (bicyclic) bond motifs is 1. The Morgan fingerprint density at radius 2 is 2.13 bits per heavy atom. The van der Waals surface area contributed by atoms with Crippen LogP contribution in [-0.4, -0.2) is 20.3 Å². The Morgan fingerprint density at radius 1 is 1.40 bits per heavy atom. The van der Waals surface area contributed by atoms with E-state index < -0.39 is 0 Å². The molecule has 0 aliphatic rings. The molecule has 0 amide bonds. The van der Waals surface area contributed by atoms with Crippen molar-refractivity contribution < 1.29 is 4.79 Å². The first-order valence-corrected chi connectivity index (χ1v) is 4.93. The number of carbonyl (C=O) groups is 1. The van der Waals surface area contributed by atoms with Crippen molar-refractivity contribution in [3.63, 3.8) is 0 Å². The van der Waals surface area contributed by atoms with Crippen molar-refractivity contribution in [3.05, 3.63) is 24.2 Å². The van der Waals surface area contributed by atoms with E-state index in [1.165, 1.54) is 0 Å². The first kappa shape index (κ1) is 9.83. The molecule has 0 fully saturated rings. The number of Topliss-reactive ketones (excluding diaryl/α,β-unsaturated/α-hetero) is 1. The van der Waals surface area contributed by atoms with Crippen molar-refractivity contribution in [2.45, 2.75) is 26.8 Å². The lowest BCUT2D eigenvalue weighted by Crippen LogP contribution is -2.01. The number of hydrogen-bond donors (Lipinski definition) is 0. The standard InChI is InChI=1S/C11H13N3O/c1-7(2)14-6-13-10-9(8(3)15)4-5-12-11(10)14/h4-7H,1-3H3. The number of imidazole rings is 1. The molecular formula is C11H13N3O. The number of carbonyl (C=O) groups excluding carboxylic acids is 1. The Hall–Kier alpha value is -1.71. The molecular weight excluding hydrogens is 190 g/mol. The van der Waals surface area contributed by atoms with Gasteiger partial charge in [0.15, 0.2) is 11.4 Å². The van der Waals surface area contributed by atoms with Crippen molar-refractivity contribution in [1.29, 1.82) is 0 Å². The molecule has 4 heteroatoms. The zero-order valence-electron chi connectivity index (χ0n) is 9.06. The van der Waals surface area contributed by atoms with Gasteiger partial charge in [-0.25, -0.2) is 9.97 Å². The summed E-state index contributed by atoms with van der Waals surface area (Å²) in [5.74, 6) is 0.0245. The summed E-state index contributed by atoms with van der Waals surface area (Å²) in [6, 6.07) is 2.01. The van der Waals surface area contributed by atoms with E-state index >= 15 is 0 Å². The van der Waals surface area contributed by atoms with Crippen molar-refractivity contribution in [2.75, 3.05) is 0 Å². The molecule has 0 radical (unpaired) electrons. The highest BCUT2D eigenvalue weighted by Crippen LogP contribution is 2.18. The van der Waals surface area contributed by atoms with Gasteiger partial charge < -0.3 is 4.57 Å². The van der Waals surface area contributed by atoms with Gasteiger partial charge in [-0.1, -0.05) is 0 Å². The van der Waals surface area contributed by atoms with E-state index in [-0.39, 0.29) is 5.78 Å². The van der Waals surface area contributed by atoms with E-state index in [2.05, 4.69) is 23.8 Å². The van der Waals surface area contributed by atoms with Gasteiger partial charge in [-0.05, 0) is 26.8 Å². The van der Waals surface area contributed by atoms with Gasteiger partial charge in [-0.2, -0.15) is 0 Å². The van der Waals surface area contributed by atoms with E-state index in [4.69, 9.17) is 0 Å². The minimum absolute atomic E-state index is 0.0245. The lowest BCUT2D eigenvalue weighted by molar-refractivity contribution is 0.101. The molecule has 0 aliphatic heterocycles. The van der Waals surface area contributed by atoms with Crippen LogP contribution in [0.5, 0.6) is 0 Å². The van der Waals surface area contributed by atoms with E-state index in [1.807, 2.05) is 4.57 Å². The minimum Gasteiger partial charge on any atom is -0.313 e. The second-order valence-corrected chi connectivity index (χ2v) is 3.83. The molecule has 0 spiro atoms. The average Bonchev–Trinajstić information content (AvgIpc) is 2.59. The van der Waals surface area contributed by atoms with Crippen LogP contribution in [-0.2, 0) is 0 Å². The monoisotopic (exact) mass is 203 g/mol. The van der Waals surface area contributed by atoms with Crippen molar-refractivity contribution in [2.24, 2.45) is 0 Å². The summed E-state index contributed by atoms with van der Waals surface area (Å²) in [4.78, 5) is 19.9. The third-order valence-corrected chi connectivity index (χ3v) is 2.40. The zero-order chi connectivity index (χ0) is 11.0. The topological polar surface area (TPSA) is 47.8 Å². The quantitative estimate of drug-likeness (QED) is 0.703. The first-order valence-electron chi connectivity index (χ1n) is 4.93. The fraction of sp³-hybridized carbons (Fsp3) is 0.364. The predicted octanol–water partition coefficient (Wildman–Crippen LogP) is 2.21. The van der Waals surface area contributed by atoms with Crippen LogP contribution < -0.4 is 0 Å². The highest BCUT2D eigenvalue weighted by Gasteiger charge is 2.12. The third-order valence-electron chi connectivity index (χ3n) is 2.40. The Labute approximate surface area is 88.0 Å². The Balaban J connectivity index is 2.74. The number of hydrogen-bond acceptors (Lipinski definition) is 3. The van der Waals surface area contributed by atoms with Gasteiger partial charge in [0, 0.05) is 17.8 Å². The molecule has 2 aromatic rings. The highest BCUT2D eigenvalue weighted by atomic mass is 16.1. The maximum Gasteiger partial charge on any atom is 0.162 e. The molecule has 2 rings (SSSR count). The molecule has 0 atom stereocenters. The molecule has 0 saturated heterocycles. The minimum atomic E-state index is 0.0245. The maximum atomic E-state index is 11.4. The van der Waals surface area contributed by atoms with Crippen LogP contribution in [0.15, 0.2) is 18.6 Å². The second-order valence-electron chi connectivity index (χ2n) is 3.83. The number of rotatable bonds is 2.